The Kier molecular flexibility index (Phi) is 8.42. The lowest BCUT2D eigenvalue weighted by Crippen LogP contribution is -2.31. The van der Waals surface area contributed by atoms with E-state index in [1.165, 1.54) is 18.2 Å². The molecule has 0 aliphatic heterocycles. The molecule has 0 heterocycles. The van der Waals surface area contributed by atoms with Gasteiger partial charge in [0.15, 0.2) is 0 Å². The summed E-state index contributed by atoms with van der Waals surface area (Å²) < 4.78 is 19.9. The predicted octanol–water partition coefficient (Wildman–Crippen LogP) is 3.86. The molecule has 150 valence electrons. The molecule has 28 heavy (non-hydrogen) atoms. The Morgan fingerprint density at radius 1 is 1.07 bits per heavy atom. The van der Waals surface area contributed by atoms with Crippen LogP contribution in [0.4, 0.5) is 14.9 Å². The van der Waals surface area contributed by atoms with E-state index in [0.29, 0.717) is 26.1 Å². The number of rotatable bonds is 9. The second-order valence-electron chi connectivity index (χ2n) is 6.18. The third-order valence-corrected chi connectivity index (χ3v) is 4.07. The Hall–Kier alpha value is -2.93. The van der Waals surface area contributed by atoms with Crippen molar-refractivity contribution in [2.24, 2.45) is 0 Å². The zero-order valence-electron chi connectivity index (χ0n) is 16.1. The lowest BCUT2D eigenvalue weighted by molar-refractivity contribution is 0.0635. The molecule has 3 N–H and O–H groups in total. The average molecular weight is 387 g/mol. The minimum atomic E-state index is -0.694. The predicted molar refractivity (Wildman–Crippen MR) is 107 cm³/mol. The first-order valence-corrected chi connectivity index (χ1v) is 9.31. The smallest absolute Gasteiger partial charge is 0.319 e. The van der Waals surface area contributed by atoms with E-state index in [1.54, 1.807) is 6.92 Å². The van der Waals surface area contributed by atoms with Crippen molar-refractivity contribution in [1.29, 1.82) is 0 Å². The number of ether oxygens (including phenoxy) is 1. The van der Waals surface area contributed by atoms with Gasteiger partial charge in [-0.2, -0.15) is 0 Å². The van der Waals surface area contributed by atoms with E-state index in [2.05, 4.69) is 16.0 Å². The van der Waals surface area contributed by atoms with Gasteiger partial charge in [0, 0.05) is 19.7 Å². The van der Waals surface area contributed by atoms with Gasteiger partial charge in [-0.15, -0.1) is 0 Å². The van der Waals surface area contributed by atoms with Crippen molar-refractivity contribution in [2.45, 2.75) is 26.4 Å². The topological polar surface area (TPSA) is 79.5 Å². The molecule has 0 bridgehead atoms. The summed E-state index contributed by atoms with van der Waals surface area (Å²) >= 11 is 0. The highest BCUT2D eigenvalue weighted by Crippen LogP contribution is 2.19. The summed E-state index contributed by atoms with van der Waals surface area (Å²) in [5.41, 5.74) is 1.02. The van der Waals surface area contributed by atoms with Gasteiger partial charge in [-0.25, -0.2) is 9.18 Å². The molecule has 0 aliphatic rings. The fraction of sp³-hybridized carbons (Fsp3) is 0.333. The molecule has 0 aromatic heterocycles. The maximum Gasteiger partial charge on any atom is 0.319 e. The van der Waals surface area contributed by atoms with Crippen molar-refractivity contribution in [1.82, 2.24) is 10.6 Å². The number of benzene rings is 2. The number of halogens is 1. The van der Waals surface area contributed by atoms with E-state index >= 15 is 0 Å². The molecule has 0 radical (unpaired) electrons. The lowest BCUT2D eigenvalue weighted by atomic mass is 10.1. The Morgan fingerprint density at radius 2 is 1.82 bits per heavy atom. The molecule has 0 aliphatic carbocycles. The van der Waals surface area contributed by atoms with E-state index in [-0.39, 0.29) is 17.4 Å². The highest BCUT2D eigenvalue weighted by Gasteiger charge is 2.17. The van der Waals surface area contributed by atoms with Crippen LogP contribution in [0.2, 0.25) is 0 Å². The van der Waals surface area contributed by atoms with Gasteiger partial charge < -0.3 is 20.7 Å². The minimum absolute atomic E-state index is 0.0450. The SMILES string of the molecule is CCNC(=O)Nc1cccc(F)c1C(=O)NCCCO[C@H](C)c1ccccc1. The molecule has 0 unspecified atom stereocenters. The molecule has 0 saturated heterocycles. The number of anilines is 1. The van der Waals surface area contributed by atoms with Crippen LogP contribution in [0.5, 0.6) is 0 Å². The van der Waals surface area contributed by atoms with Crippen LogP contribution in [0, 0.1) is 5.82 Å². The highest BCUT2D eigenvalue weighted by molar-refractivity contribution is 6.03. The third-order valence-electron chi connectivity index (χ3n) is 4.07. The highest BCUT2D eigenvalue weighted by atomic mass is 19.1. The number of carbonyl (C=O) groups is 2. The van der Waals surface area contributed by atoms with Gasteiger partial charge in [0.05, 0.1) is 17.4 Å². The van der Waals surface area contributed by atoms with Crippen LogP contribution in [-0.2, 0) is 4.74 Å². The fourth-order valence-electron chi connectivity index (χ4n) is 2.63. The van der Waals surface area contributed by atoms with E-state index in [9.17, 15) is 14.0 Å². The van der Waals surface area contributed by atoms with Gasteiger partial charge in [-0.1, -0.05) is 36.4 Å². The van der Waals surface area contributed by atoms with Crippen LogP contribution in [0.1, 0.15) is 42.3 Å². The summed E-state index contributed by atoms with van der Waals surface area (Å²) in [5, 5.41) is 7.70. The molecule has 7 heteroatoms. The lowest BCUT2D eigenvalue weighted by Gasteiger charge is -2.14. The van der Waals surface area contributed by atoms with Crippen molar-refractivity contribution in [3.05, 3.63) is 65.5 Å². The molecule has 2 aromatic carbocycles. The molecule has 0 saturated carbocycles. The molecular formula is C21H26FN3O3. The van der Waals surface area contributed by atoms with Gasteiger partial charge in [0.2, 0.25) is 0 Å². The molecule has 2 rings (SSSR count). The summed E-state index contributed by atoms with van der Waals surface area (Å²) in [6.45, 7) is 4.93. The van der Waals surface area contributed by atoms with Crippen LogP contribution in [0.25, 0.3) is 0 Å². The minimum Gasteiger partial charge on any atom is -0.374 e. The first-order valence-electron chi connectivity index (χ1n) is 9.31. The third kappa shape index (κ3) is 6.35. The van der Waals surface area contributed by atoms with Crippen molar-refractivity contribution in [3.63, 3.8) is 0 Å². The van der Waals surface area contributed by atoms with Gasteiger partial charge in [-0.3, -0.25) is 4.79 Å². The molecule has 6 nitrogen and oxygen atoms in total. The van der Waals surface area contributed by atoms with E-state index in [0.717, 1.165) is 5.56 Å². The molecule has 0 spiro atoms. The van der Waals surface area contributed by atoms with Gasteiger partial charge in [-0.05, 0) is 38.0 Å². The Labute approximate surface area is 164 Å². The molecule has 2 aromatic rings. The molecule has 3 amide bonds. The van der Waals surface area contributed by atoms with Crippen molar-refractivity contribution >= 4 is 17.6 Å². The van der Waals surface area contributed by atoms with Crippen molar-refractivity contribution in [3.8, 4) is 0 Å². The zero-order valence-corrected chi connectivity index (χ0v) is 16.1. The van der Waals surface area contributed by atoms with Gasteiger partial charge >= 0.3 is 6.03 Å². The largest absolute Gasteiger partial charge is 0.374 e. The monoisotopic (exact) mass is 387 g/mol. The first-order chi connectivity index (χ1) is 13.5. The standard InChI is InChI=1S/C21H26FN3O3/c1-3-23-21(27)25-18-12-7-11-17(22)19(18)20(26)24-13-8-14-28-15(2)16-9-5-4-6-10-16/h4-7,9-12,15H,3,8,13-14H2,1-2H3,(H,24,26)(H2,23,25,27)/t15-/m1/s1. The zero-order chi connectivity index (χ0) is 20.4. The summed E-state index contributed by atoms with van der Waals surface area (Å²) in [4.78, 5) is 24.1. The van der Waals surface area contributed by atoms with E-state index in [1.807, 2.05) is 37.3 Å². The Morgan fingerprint density at radius 3 is 2.54 bits per heavy atom. The van der Waals surface area contributed by atoms with Crippen LogP contribution in [0.15, 0.2) is 48.5 Å². The normalized spacial score (nSPS) is 11.5. The maximum atomic E-state index is 14.1. The molecular weight excluding hydrogens is 361 g/mol. The molecule has 0 fully saturated rings. The number of hydrogen-bond acceptors (Lipinski definition) is 3. The second kappa shape index (κ2) is 11.0. The number of nitrogens with one attached hydrogen (secondary N) is 3. The fourth-order valence-corrected chi connectivity index (χ4v) is 2.63. The Bertz CT molecular complexity index is 784. The van der Waals surface area contributed by atoms with Crippen LogP contribution in [-0.4, -0.2) is 31.6 Å². The van der Waals surface area contributed by atoms with Gasteiger partial charge in [0.25, 0.3) is 5.91 Å². The van der Waals surface area contributed by atoms with Crippen LogP contribution >= 0.6 is 0 Å². The number of amides is 3. The van der Waals surface area contributed by atoms with Gasteiger partial charge in [0.1, 0.15) is 5.82 Å². The van der Waals surface area contributed by atoms with Crippen LogP contribution in [0.3, 0.4) is 0 Å². The van der Waals surface area contributed by atoms with Crippen LogP contribution < -0.4 is 16.0 Å². The van der Waals surface area contributed by atoms with E-state index < -0.39 is 17.8 Å². The first kappa shape index (κ1) is 21.4. The quantitative estimate of drug-likeness (QED) is 0.572. The summed E-state index contributed by atoms with van der Waals surface area (Å²) in [6, 6.07) is 13.5. The Balaban J connectivity index is 1.83. The summed E-state index contributed by atoms with van der Waals surface area (Å²) in [7, 11) is 0. The summed E-state index contributed by atoms with van der Waals surface area (Å²) in [6.07, 6.45) is 0.535. The maximum absolute atomic E-state index is 14.1. The second-order valence-corrected chi connectivity index (χ2v) is 6.18. The average Bonchev–Trinajstić information content (AvgIpc) is 2.68. The number of hydrogen-bond donors (Lipinski definition) is 3. The van der Waals surface area contributed by atoms with Crippen molar-refractivity contribution in [2.75, 3.05) is 25.0 Å². The van der Waals surface area contributed by atoms with Crippen molar-refractivity contribution < 1.29 is 18.7 Å². The molecule has 1 atom stereocenters. The van der Waals surface area contributed by atoms with E-state index in [4.69, 9.17) is 4.74 Å². The number of carbonyl (C=O) groups excluding carboxylic acids is 2. The summed E-state index contributed by atoms with van der Waals surface area (Å²) in [5.74, 6) is -1.28. The number of urea groups is 1.